The van der Waals surface area contributed by atoms with Gasteiger partial charge in [0.2, 0.25) is 0 Å². The molecule has 0 spiro atoms. The zero-order chi connectivity index (χ0) is 15.1. The van der Waals surface area contributed by atoms with Gasteiger partial charge in [-0.05, 0) is 42.1 Å². The number of rotatable bonds is 8. The fourth-order valence-electron chi connectivity index (χ4n) is 2.26. The third kappa shape index (κ3) is 5.84. The predicted molar refractivity (Wildman–Crippen MR) is 93.4 cm³/mol. The average molecular weight is 341 g/mol. The summed E-state index contributed by atoms with van der Waals surface area (Å²) in [7, 11) is 2.20. The van der Waals surface area contributed by atoms with Gasteiger partial charge in [-0.3, -0.25) is 0 Å². The van der Waals surface area contributed by atoms with E-state index in [2.05, 4.69) is 79.1 Å². The third-order valence-electron chi connectivity index (χ3n) is 3.60. The Labute approximate surface area is 133 Å². The van der Waals surface area contributed by atoms with Crippen LogP contribution in [0, 0.1) is 11.8 Å². The monoisotopic (exact) mass is 340 g/mol. The molecule has 0 aliphatic carbocycles. The lowest BCUT2D eigenvalue weighted by Gasteiger charge is -2.26. The third-order valence-corrected chi connectivity index (χ3v) is 4.10. The molecule has 1 aromatic carbocycles. The molecule has 1 N–H and O–H groups in total. The summed E-state index contributed by atoms with van der Waals surface area (Å²) >= 11 is 3.58. The van der Waals surface area contributed by atoms with Crippen molar-refractivity contribution in [2.75, 3.05) is 25.0 Å². The standard InChI is InChI=1S/C17H29BrN2/c1-6-14(4)12-20(5)17-8-7-16(18)9-15(17)11-19-10-13(2)3/h7-9,13-14,19H,6,10-12H2,1-5H3. The maximum Gasteiger partial charge on any atom is 0.0410 e. The lowest BCUT2D eigenvalue weighted by Crippen LogP contribution is -2.26. The average Bonchev–Trinajstić information content (AvgIpc) is 2.38. The van der Waals surface area contributed by atoms with Crippen LogP contribution in [0.15, 0.2) is 22.7 Å². The van der Waals surface area contributed by atoms with Gasteiger partial charge in [-0.1, -0.05) is 50.0 Å². The van der Waals surface area contributed by atoms with E-state index in [-0.39, 0.29) is 0 Å². The van der Waals surface area contributed by atoms with Crippen molar-refractivity contribution in [2.45, 2.75) is 40.7 Å². The van der Waals surface area contributed by atoms with Crippen molar-refractivity contribution in [3.63, 3.8) is 0 Å². The van der Waals surface area contributed by atoms with Gasteiger partial charge in [0.25, 0.3) is 0 Å². The highest BCUT2D eigenvalue weighted by Gasteiger charge is 2.10. The Bertz CT molecular complexity index is 404. The van der Waals surface area contributed by atoms with Gasteiger partial charge in [-0.15, -0.1) is 0 Å². The lowest BCUT2D eigenvalue weighted by atomic mass is 10.1. The zero-order valence-electron chi connectivity index (χ0n) is 13.5. The Balaban J connectivity index is 2.78. The van der Waals surface area contributed by atoms with Gasteiger partial charge in [0, 0.05) is 30.3 Å². The maximum absolute atomic E-state index is 3.58. The normalized spacial score (nSPS) is 12.8. The van der Waals surface area contributed by atoms with Gasteiger partial charge in [0.15, 0.2) is 0 Å². The molecular weight excluding hydrogens is 312 g/mol. The predicted octanol–water partition coefficient (Wildman–Crippen LogP) is 4.68. The van der Waals surface area contributed by atoms with E-state index in [1.807, 2.05) is 0 Å². The minimum atomic E-state index is 0.684. The van der Waals surface area contributed by atoms with Crippen LogP contribution in [-0.2, 0) is 6.54 Å². The Morgan fingerprint density at radius 3 is 2.55 bits per heavy atom. The molecular formula is C17H29BrN2. The van der Waals surface area contributed by atoms with Crippen molar-refractivity contribution in [3.05, 3.63) is 28.2 Å². The number of hydrogen-bond donors (Lipinski definition) is 1. The molecule has 0 saturated carbocycles. The molecule has 0 aliphatic heterocycles. The van der Waals surface area contributed by atoms with Crippen LogP contribution < -0.4 is 10.2 Å². The van der Waals surface area contributed by atoms with Gasteiger partial charge in [-0.2, -0.15) is 0 Å². The summed E-state index contributed by atoms with van der Waals surface area (Å²) in [6.07, 6.45) is 1.22. The van der Waals surface area contributed by atoms with E-state index in [0.29, 0.717) is 5.92 Å². The van der Waals surface area contributed by atoms with Crippen molar-refractivity contribution in [1.82, 2.24) is 5.32 Å². The van der Waals surface area contributed by atoms with Gasteiger partial charge >= 0.3 is 0 Å². The molecule has 1 rings (SSSR count). The number of nitrogens with one attached hydrogen (secondary N) is 1. The second-order valence-electron chi connectivity index (χ2n) is 6.19. The number of benzene rings is 1. The molecule has 0 bridgehead atoms. The first-order valence-electron chi connectivity index (χ1n) is 7.64. The van der Waals surface area contributed by atoms with Crippen molar-refractivity contribution >= 4 is 21.6 Å². The van der Waals surface area contributed by atoms with Crippen LogP contribution in [-0.4, -0.2) is 20.1 Å². The van der Waals surface area contributed by atoms with E-state index in [1.54, 1.807) is 0 Å². The molecule has 0 radical (unpaired) electrons. The summed E-state index contributed by atoms with van der Waals surface area (Å²) in [6, 6.07) is 6.59. The molecule has 114 valence electrons. The lowest BCUT2D eigenvalue weighted by molar-refractivity contribution is 0.546. The van der Waals surface area contributed by atoms with Crippen LogP contribution >= 0.6 is 15.9 Å². The van der Waals surface area contributed by atoms with Crippen molar-refractivity contribution in [2.24, 2.45) is 11.8 Å². The molecule has 0 fully saturated rings. The van der Waals surface area contributed by atoms with Crippen LogP contribution in [0.1, 0.15) is 39.7 Å². The van der Waals surface area contributed by atoms with Crippen LogP contribution in [0.3, 0.4) is 0 Å². The van der Waals surface area contributed by atoms with Crippen molar-refractivity contribution in [3.8, 4) is 0 Å². The quantitative estimate of drug-likeness (QED) is 0.739. The van der Waals surface area contributed by atoms with E-state index >= 15 is 0 Å². The number of halogens is 1. The summed E-state index contributed by atoms with van der Waals surface area (Å²) in [5.41, 5.74) is 2.70. The van der Waals surface area contributed by atoms with E-state index < -0.39 is 0 Å². The summed E-state index contributed by atoms with van der Waals surface area (Å²) in [6.45, 7) is 12.1. The molecule has 20 heavy (non-hydrogen) atoms. The molecule has 0 heterocycles. The van der Waals surface area contributed by atoms with E-state index in [4.69, 9.17) is 0 Å². The maximum atomic E-state index is 3.58. The molecule has 0 saturated heterocycles. The zero-order valence-corrected chi connectivity index (χ0v) is 15.1. The van der Waals surface area contributed by atoms with Crippen molar-refractivity contribution < 1.29 is 0 Å². The molecule has 1 unspecified atom stereocenters. The molecule has 1 atom stereocenters. The topological polar surface area (TPSA) is 15.3 Å². The van der Waals surface area contributed by atoms with E-state index in [9.17, 15) is 0 Å². The molecule has 2 nitrogen and oxygen atoms in total. The highest BCUT2D eigenvalue weighted by Crippen LogP contribution is 2.25. The Hall–Kier alpha value is -0.540. The first-order valence-corrected chi connectivity index (χ1v) is 8.43. The summed E-state index contributed by atoms with van der Waals surface area (Å²) in [4.78, 5) is 2.38. The highest BCUT2D eigenvalue weighted by atomic mass is 79.9. The minimum absolute atomic E-state index is 0.684. The largest absolute Gasteiger partial charge is 0.374 e. The molecule has 3 heteroatoms. The van der Waals surface area contributed by atoms with Crippen LogP contribution in [0.5, 0.6) is 0 Å². The Kier molecular flexibility index (Phi) is 7.60. The molecule has 0 amide bonds. The molecule has 0 aromatic heterocycles. The fraction of sp³-hybridized carbons (Fsp3) is 0.647. The number of anilines is 1. The fourth-order valence-corrected chi connectivity index (χ4v) is 2.67. The summed E-state index contributed by atoms with van der Waals surface area (Å²) in [5, 5.41) is 3.54. The SMILES string of the molecule is CCC(C)CN(C)c1ccc(Br)cc1CNCC(C)C. The highest BCUT2D eigenvalue weighted by molar-refractivity contribution is 9.10. The number of nitrogens with zero attached hydrogens (tertiary/aromatic N) is 1. The summed E-state index contributed by atoms with van der Waals surface area (Å²) in [5.74, 6) is 1.41. The molecule has 0 aliphatic rings. The van der Waals surface area contributed by atoms with E-state index in [1.165, 1.54) is 17.7 Å². The van der Waals surface area contributed by atoms with Gasteiger partial charge in [0.1, 0.15) is 0 Å². The summed E-state index contributed by atoms with van der Waals surface area (Å²) < 4.78 is 1.15. The Morgan fingerprint density at radius 2 is 1.95 bits per heavy atom. The number of hydrogen-bond acceptors (Lipinski definition) is 2. The molecule has 1 aromatic rings. The van der Waals surface area contributed by atoms with Crippen LogP contribution in [0.25, 0.3) is 0 Å². The van der Waals surface area contributed by atoms with Crippen molar-refractivity contribution in [1.29, 1.82) is 0 Å². The smallest absolute Gasteiger partial charge is 0.0410 e. The minimum Gasteiger partial charge on any atom is -0.374 e. The second-order valence-corrected chi connectivity index (χ2v) is 7.11. The van der Waals surface area contributed by atoms with Gasteiger partial charge in [-0.25, -0.2) is 0 Å². The van der Waals surface area contributed by atoms with Gasteiger partial charge in [0.05, 0.1) is 0 Å². The van der Waals surface area contributed by atoms with Crippen LogP contribution in [0.4, 0.5) is 5.69 Å². The van der Waals surface area contributed by atoms with Crippen LogP contribution in [0.2, 0.25) is 0 Å². The Morgan fingerprint density at radius 1 is 1.25 bits per heavy atom. The first-order chi connectivity index (χ1) is 9.43. The second kappa shape index (κ2) is 8.68. The van der Waals surface area contributed by atoms with E-state index in [0.717, 1.165) is 30.0 Å². The first kappa shape index (κ1) is 17.5. The van der Waals surface area contributed by atoms with Gasteiger partial charge < -0.3 is 10.2 Å².